The first kappa shape index (κ1) is 8.71. The van der Waals surface area contributed by atoms with Crippen molar-refractivity contribution in [3.05, 3.63) is 24.5 Å². The highest BCUT2D eigenvalue weighted by molar-refractivity contribution is 5.60. The molecular weight excluding hydrogens is 152 g/mol. The van der Waals surface area contributed by atoms with Crippen molar-refractivity contribution < 1.29 is 4.74 Å². The summed E-state index contributed by atoms with van der Waals surface area (Å²) >= 11 is 0. The summed E-state index contributed by atoms with van der Waals surface area (Å²) in [6.07, 6.45) is 1.99. The van der Waals surface area contributed by atoms with Crippen LogP contribution in [0.25, 0.3) is 5.76 Å². The van der Waals surface area contributed by atoms with Crippen molar-refractivity contribution in [3.8, 4) is 0 Å². The van der Waals surface area contributed by atoms with Gasteiger partial charge in [-0.05, 0) is 6.07 Å². The molecule has 0 aliphatic carbocycles. The Morgan fingerprint density at radius 1 is 1.67 bits per heavy atom. The van der Waals surface area contributed by atoms with E-state index in [0.717, 1.165) is 11.4 Å². The number of aromatic nitrogens is 1. The number of nitrogens with one attached hydrogen (secondary N) is 1. The molecule has 0 aromatic carbocycles. The number of methoxy groups -OCH3 is 1. The molecule has 0 aliphatic rings. The van der Waals surface area contributed by atoms with Gasteiger partial charge in [-0.3, -0.25) is 0 Å². The van der Waals surface area contributed by atoms with Crippen LogP contribution in [0.1, 0.15) is 5.69 Å². The first-order chi connectivity index (χ1) is 5.69. The van der Waals surface area contributed by atoms with Crippen LogP contribution in [0.15, 0.2) is 18.8 Å². The summed E-state index contributed by atoms with van der Waals surface area (Å²) in [6, 6.07) is 1.99. The number of anilines is 1. The fourth-order valence-corrected chi connectivity index (χ4v) is 1.08. The maximum absolute atomic E-state index is 5.03. The van der Waals surface area contributed by atoms with Gasteiger partial charge in [-0.2, -0.15) is 0 Å². The molecule has 0 spiro atoms. The quantitative estimate of drug-likeness (QED) is 0.691. The van der Waals surface area contributed by atoms with Gasteiger partial charge in [0.15, 0.2) is 0 Å². The van der Waals surface area contributed by atoms with Crippen LogP contribution in [-0.2, 0) is 11.8 Å². The molecule has 0 unspecified atom stereocenters. The van der Waals surface area contributed by atoms with Crippen molar-refractivity contribution in [1.82, 2.24) is 4.57 Å². The highest BCUT2D eigenvalue weighted by Gasteiger charge is 2.04. The number of rotatable bonds is 3. The maximum atomic E-state index is 5.03. The third-order valence-corrected chi connectivity index (χ3v) is 1.83. The molecule has 12 heavy (non-hydrogen) atoms. The van der Waals surface area contributed by atoms with Crippen molar-refractivity contribution in [2.75, 3.05) is 19.5 Å². The maximum Gasteiger partial charge on any atom is 0.135 e. The molecule has 0 atom stereocenters. The van der Waals surface area contributed by atoms with Gasteiger partial charge in [-0.15, -0.1) is 0 Å². The minimum absolute atomic E-state index is 0.680. The Labute approximate surface area is 72.6 Å². The van der Waals surface area contributed by atoms with Crippen LogP contribution in [0.3, 0.4) is 0 Å². The molecule has 0 radical (unpaired) electrons. The van der Waals surface area contributed by atoms with Crippen LogP contribution in [0, 0.1) is 0 Å². The van der Waals surface area contributed by atoms with Crippen molar-refractivity contribution >= 4 is 11.4 Å². The van der Waals surface area contributed by atoms with Gasteiger partial charge in [0.05, 0.1) is 18.5 Å². The zero-order chi connectivity index (χ0) is 9.14. The predicted octanol–water partition coefficient (Wildman–Crippen LogP) is 1.68. The highest BCUT2D eigenvalue weighted by atomic mass is 16.5. The summed E-state index contributed by atoms with van der Waals surface area (Å²) in [7, 11) is 5.46. The van der Waals surface area contributed by atoms with Crippen molar-refractivity contribution in [2.45, 2.75) is 0 Å². The van der Waals surface area contributed by atoms with Gasteiger partial charge in [0.1, 0.15) is 5.76 Å². The Hall–Kier alpha value is -1.38. The van der Waals surface area contributed by atoms with E-state index < -0.39 is 0 Å². The van der Waals surface area contributed by atoms with Gasteiger partial charge in [0.25, 0.3) is 0 Å². The number of hydrogen-bond acceptors (Lipinski definition) is 2. The summed E-state index contributed by atoms with van der Waals surface area (Å²) < 4.78 is 7.00. The lowest BCUT2D eigenvalue weighted by molar-refractivity contribution is 0.368. The molecule has 1 aromatic rings. The van der Waals surface area contributed by atoms with E-state index in [1.165, 1.54) is 0 Å². The Morgan fingerprint density at radius 3 is 2.75 bits per heavy atom. The molecule has 1 N–H and O–H groups in total. The number of ether oxygens (including phenoxy) is 1. The first-order valence-electron chi connectivity index (χ1n) is 3.76. The lowest BCUT2D eigenvalue weighted by Gasteiger charge is -2.03. The molecule has 0 saturated carbocycles. The Balaban J connectivity index is 2.99. The van der Waals surface area contributed by atoms with Gasteiger partial charge in [0.2, 0.25) is 0 Å². The van der Waals surface area contributed by atoms with E-state index in [2.05, 4.69) is 11.9 Å². The number of aryl methyl sites for hydroxylation is 1. The molecule has 66 valence electrons. The molecule has 0 fully saturated rings. The Kier molecular flexibility index (Phi) is 2.43. The molecule has 0 aliphatic heterocycles. The van der Waals surface area contributed by atoms with Crippen molar-refractivity contribution in [2.24, 2.45) is 7.05 Å². The standard InChI is InChI=1S/C9H14N2O/c1-7(12-4)9-5-8(10-2)6-11(9)3/h5-6,10H,1H2,2-4H3. The lowest BCUT2D eigenvalue weighted by atomic mass is 10.3. The van der Waals surface area contributed by atoms with E-state index >= 15 is 0 Å². The smallest absolute Gasteiger partial charge is 0.135 e. The monoisotopic (exact) mass is 166 g/mol. The predicted molar refractivity (Wildman–Crippen MR) is 51.0 cm³/mol. The second kappa shape index (κ2) is 3.34. The topological polar surface area (TPSA) is 26.2 Å². The summed E-state index contributed by atoms with van der Waals surface area (Å²) in [5.74, 6) is 0.680. The summed E-state index contributed by atoms with van der Waals surface area (Å²) in [5.41, 5.74) is 2.05. The Morgan fingerprint density at radius 2 is 2.33 bits per heavy atom. The van der Waals surface area contributed by atoms with Crippen molar-refractivity contribution in [3.63, 3.8) is 0 Å². The Bertz CT molecular complexity index is 289. The normalized spacial score (nSPS) is 9.58. The minimum Gasteiger partial charge on any atom is -0.495 e. The molecule has 0 bridgehead atoms. The van der Waals surface area contributed by atoms with E-state index in [4.69, 9.17) is 4.74 Å². The van der Waals surface area contributed by atoms with E-state index in [-0.39, 0.29) is 0 Å². The van der Waals surface area contributed by atoms with Crippen LogP contribution >= 0.6 is 0 Å². The number of hydrogen-bond donors (Lipinski definition) is 1. The summed E-state index contributed by atoms with van der Waals surface area (Å²) in [6.45, 7) is 3.78. The van der Waals surface area contributed by atoms with E-state index in [9.17, 15) is 0 Å². The third-order valence-electron chi connectivity index (χ3n) is 1.83. The van der Waals surface area contributed by atoms with Crippen LogP contribution in [0.5, 0.6) is 0 Å². The second-order valence-electron chi connectivity index (χ2n) is 2.60. The fraction of sp³-hybridized carbons (Fsp3) is 0.333. The zero-order valence-corrected chi connectivity index (χ0v) is 7.72. The van der Waals surface area contributed by atoms with Gasteiger partial charge >= 0.3 is 0 Å². The van der Waals surface area contributed by atoms with Crippen LogP contribution < -0.4 is 5.32 Å². The molecular formula is C9H14N2O. The van der Waals surface area contributed by atoms with Crippen LogP contribution in [0.2, 0.25) is 0 Å². The zero-order valence-electron chi connectivity index (χ0n) is 7.72. The molecule has 1 heterocycles. The average Bonchev–Trinajstić information content (AvgIpc) is 2.45. The van der Waals surface area contributed by atoms with Crippen LogP contribution in [-0.4, -0.2) is 18.7 Å². The largest absolute Gasteiger partial charge is 0.495 e. The molecule has 0 saturated heterocycles. The summed E-state index contributed by atoms with van der Waals surface area (Å²) in [5, 5.41) is 3.05. The third kappa shape index (κ3) is 1.44. The molecule has 1 rings (SSSR count). The average molecular weight is 166 g/mol. The lowest BCUT2D eigenvalue weighted by Crippen LogP contribution is -1.93. The molecule has 0 amide bonds. The van der Waals surface area contributed by atoms with E-state index in [1.807, 2.05) is 30.9 Å². The second-order valence-corrected chi connectivity index (χ2v) is 2.60. The van der Waals surface area contributed by atoms with E-state index in [0.29, 0.717) is 5.76 Å². The molecule has 1 aromatic heterocycles. The molecule has 3 heteroatoms. The fourth-order valence-electron chi connectivity index (χ4n) is 1.08. The van der Waals surface area contributed by atoms with Crippen molar-refractivity contribution in [1.29, 1.82) is 0 Å². The minimum atomic E-state index is 0.680. The van der Waals surface area contributed by atoms with Gasteiger partial charge in [0, 0.05) is 20.3 Å². The first-order valence-corrected chi connectivity index (χ1v) is 3.76. The SMILES string of the molecule is C=C(OC)c1cc(NC)cn1C. The highest BCUT2D eigenvalue weighted by Crippen LogP contribution is 2.18. The number of nitrogens with zero attached hydrogens (tertiary/aromatic N) is 1. The van der Waals surface area contributed by atoms with Crippen LogP contribution in [0.4, 0.5) is 5.69 Å². The van der Waals surface area contributed by atoms with Gasteiger partial charge in [-0.1, -0.05) is 6.58 Å². The summed E-state index contributed by atoms with van der Waals surface area (Å²) in [4.78, 5) is 0. The van der Waals surface area contributed by atoms with Gasteiger partial charge < -0.3 is 14.6 Å². The molecule has 3 nitrogen and oxygen atoms in total. The van der Waals surface area contributed by atoms with E-state index in [1.54, 1.807) is 7.11 Å². The van der Waals surface area contributed by atoms with Gasteiger partial charge in [-0.25, -0.2) is 0 Å².